The van der Waals surface area contributed by atoms with E-state index in [1.807, 2.05) is 0 Å². The summed E-state index contributed by atoms with van der Waals surface area (Å²) >= 11 is 0. The Labute approximate surface area is 154 Å². The van der Waals surface area contributed by atoms with Gasteiger partial charge in [0.1, 0.15) is 0 Å². The molecule has 0 saturated carbocycles. The van der Waals surface area contributed by atoms with Crippen molar-refractivity contribution >= 4 is 7.14 Å². The molecular weight excluding hydrogens is 311 g/mol. The number of rotatable bonds is 11. The smallest absolute Gasteiger partial charge is 0.0882 e. The lowest BCUT2D eigenvalue weighted by Crippen LogP contribution is -2.19. The minimum absolute atomic E-state index is 0.337. The third-order valence-corrected chi connectivity index (χ3v) is 8.34. The van der Waals surface area contributed by atoms with Gasteiger partial charge in [-0.3, -0.25) is 0 Å². The molecule has 0 aromatic heterocycles. The highest BCUT2D eigenvalue weighted by molar-refractivity contribution is 7.63. The van der Waals surface area contributed by atoms with Crippen molar-refractivity contribution in [1.29, 1.82) is 0 Å². The summed E-state index contributed by atoms with van der Waals surface area (Å²) in [6, 6.07) is 0. The Morgan fingerprint density at radius 3 is 1.50 bits per heavy atom. The average molecular weight is 359 g/mol. The molecule has 0 heterocycles. The Morgan fingerprint density at radius 2 is 1.17 bits per heavy atom. The molecule has 0 fully saturated rings. The molecule has 0 aromatic rings. The summed E-state index contributed by atoms with van der Waals surface area (Å²) in [7, 11) is -2.04. The highest BCUT2D eigenvalue weighted by Crippen LogP contribution is 2.52. The third kappa shape index (κ3) is 13.5. The van der Waals surface area contributed by atoms with E-state index in [1.54, 1.807) is 0 Å². The normalized spacial score (nSPS) is 18.2. The second-order valence-corrected chi connectivity index (χ2v) is 14.2. The van der Waals surface area contributed by atoms with Crippen molar-refractivity contribution in [3.05, 3.63) is 0 Å². The van der Waals surface area contributed by atoms with Crippen LogP contribution >= 0.6 is 7.14 Å². The van der Waals surface area contributed by atoms with Crippen LogP contribution in [0.4, 0.5) is 0 Å². The van der Waals surface area contributed by atoms with Crippen molar-refractivity contribution in [1.82, 2.24) is 0 Å². The lowest BCUT2D eigenvalue weighted by atomic mass is 9.86. The van der Waals surface area contributed by atoms with E-state index in [9.17, 15) is 4.57 Å². The van der Waals surface area contributed by atoms with Gasteiger partial charge >= 0.3 is 0 Å². The lowest BCUT2D eigenvalue weighted by molar-refractivity contribution is 0.315. The Hall–Kier alpha value is 0.230. The standard InChI is InChI=1S/C22H47OP/c1-10-11-12-13-14-24(23,17-19(2)15-21(4,5)6)18-20(3)16-22(7,8)9/h19-20H,10-18H2,1-9H3. The summed E-state index contributed by atoms with van der Waals surface area (Å²) < 4.78 is 13.8. The van der Waals surface area contributed by atoms with Crippen LogP contribution in [0.15, 0.2) is 0 Å². The molecule has 0 radical (unpaired) electrons. The van der Waals surface area contributed by atoms with Gasteiger partial charge in [-0.05, 0) is 41.9 Å². The summed E-state index contributed by atoms with van der Waals surface area (Å²) in [5, 5.41) is 0. The molecule has 0 N–H and O–H groups in total. The van der Waals surface area contributed by atoms with Gasteiger partial charge in [0.2, 0.25) is 0 Å². The molecule has 0 saturated heterocycles. The van der Waals surface area contributed by atoms with Gasteiger partial charge < -0.3 is 4.57 Å². The van der Waals surface area contributed by atoms with Gasteiger partial charge in [-0.2, -0.15) is 0 Å². The van der Waals surface area contributed by atoms with Crippen molar-refractivity contribution in [3.63, 3.8) is 0 Å². The van der Waals surface area contributed by atoms with Crippen LogP contribution in [-0.4, -0.2) is 18.5 Å². The molecule has 0 rings (SSSR count). The first kappa shape index (κ1) is 24.2. The zero-order valence-corrected chi connectivity index (χ0v) is 19.3. The van der Waals surface area contributed by atoms with E-state index in [2.05, 4.69) is 62.3 Å². The first-order chi connectivity index (χ1) is 10.8. The summed E-state index contributed by atoms with van der Waals surface area (Å²) in [5.74, 6) is 1.15. The Kier molecular flexibility index (Phi) is 10.5. The molecular formula is C22H47OP. The number of hydrogen-bond donors (Lipinski definition) is 0. The maximum absolute atomic E-state index is 13.8. The molecule has 0 aliphatic rings. The molecule has 0 aliphatic heterocycles. The second kappa shape index (κ2) is 10.4. The molecule has 146 valence electrons. The van der Waals surface area contributed by atoms with Gasteiger partial charge in [0.15, 0.2) is 0 Å². The van der Waals surface area contributed by atoms with Gasteiger partial charge in [0, 0.05) is 18.5 Å². The highest BCUT2D eigenvalue weighted by Gasteiger charge is 2.29. The molecule has 1 nitrogen and oxygen atoms in total. The topological polar surface area (TPSA) is 17.1 Å². The molecule has 0 aromatic carbocycles. The fraction of sp³-hybridized carbons (Fsp3) is 1.00. The van der Waals surface area contributed by atoms with Crippen molar-refractivity contribution in [2.24, 2.45) is 22.7 Å². The molecule has 0 amide bonds. The van der Waals surface area contributed by atoms with Crippen molar-refractivity contribution in [2.75, 3.05) is 18.5 Å². The van der Waals surface area contributed by atoms with E-state index in [0.29, 0.717) is 22.7 Å². The summed E-state index contributed by atoms with van der Waals surface area (Å²) in [6.45, 7) is 20.7. The molecule has 0 aliphatic carbocycles. The van der Waals surface area contributed by atoms with Gasteiger partial charge in [-0.1, -0.05) is 81.6 Å². The first-order valence-corrected chi connectivity index (χ1v) is 12.6. The number of hydrogen-bond acceptors (Lipinski definition) is 1. The van der Waals surface area contributed by atoms with Gasteiger partial charge in [0.05, 0.1) is 7.14 Å². The van der Waals surface area contributed by atoms with Crippen LogP contribution in [0.3, 0.4) is 0 Å². The minimum Gasteiger partial charge on any atom is -0.324 e. The Bertz CT molecular complexity index is 344. The molecule has 0 bridgehead atoms. The predicted molar refractivity (Wildman–Crippen MR) is 113 cm³/mol. The predicted octanol–water partition coefficient (Wildman–Crippen LogP) is 8.07. The van der Waals surface area contributed by atoms with Crippen molar-refractivity contribution in [2.45, 2.75) is 101 Å². The SMILES string of the molecule is CCCCCCP(=O)(CC(C)CC(C)(C)C)CC(C)CC(C)(C)C. The van der Waals surface area contributed by atoms with Gasteiger partial charge in [-0.15, -0.1) is 0 Å². The van der Waals surface area contributed by atoms with E-state index in [0.717, 1.165) is 24.9 Å². The summed E-state index contributed by atoms with van der Waals surface area (Å²) in [6.07, 6.45) is 10.2. The van der Waals surface area contributed by atoms with Crippen LogP contribution in [0.25, 0.3) is 0 Å². The van der Waals surface area contributed by atoms with E-state index in [-0.39, 0.29) is 0 Å². The van der Waals surface area contributed by atoms with Crippen molar-refractivity contribution in [3.8, 4) is 0 Å². The summed E-state index contributed by atoms with van der Waals surface area (Å²) in [5.41, 5.74) is 0.674. The maximum atomic E-state index is 13.8. The Morgan fingerprint density at radius 1 is 0.750 bits per heavy atom. The molecule has 2 atom stereocenters. The van der Waals surface area contributed by atoms with Gasteiger partial charge in [-0.25, -0.2) is 0 Å². The highest BCUT2D eigenvalue weighted by atomic mass is 31.2. The molecule has 0 spiro atoms. The largest absolute Gasteiger partial charge is 0.324 e. The van der Waals surface area contributed by atoms with Crippen LogP contribution in [0.1, 0.15) is 101 Å². The zero-order chi connectivity index (χ0) is 19.0. The molecule has 2 heteroatoms. The second-order valence-electron chi connectivity index (χ2n) is 10.9. The van der Waals surface area contributed by atoms with Crippen molar-refractivity contribution < 1.29 is 4.57 Å². The monoisotopic (exact) mass is 358 g/mol. The third-order valence-electron chi connectivity index (χ3n) is 4.63. The molecule has 24 heavy (non-hydrogen) atoms. The molecule has 2 unspecified atom stereocenters. The van der Waals surface area contributed by atoms with E-state index >= 15 is 0 Å². The number of unbranched alkanes of at least 4 members (excludes halogenated alkanes) is 3. The van der Waals surface area contributed by atoms with Gasteiger partial charge in [0.25, 0.3) is 0 Å². The van der Waals surface area contributed by atoms with Crippen LogP contribution in [0.2, 0.25) is 0 Å². The first-order valence-electron chi connectivity index (χ1n) is 10.3. The minimum atomic E-state index is -2.04. The van der Waals surface area contributed by atoms with E-state index < -0.39 is 7.14 Å². The lowest BCUT2D eigenvalue weighted by Gasteiger charge is -2.30. The van der Waals surface area contributed by atoms with E-state index in [1.165, 1.54) is 32.1 Å². The van der Waals surface area contributed by atoms with Crippen LogP contribution < -0.4 is 0 Å². The fourth-order valence-electron chi connectivity index (χ4n) is 4.44. The maximum Gasteiger partial charge on any atom is 0.0882 e. The zero-order valence-electron chi connectivity index (χ0n) is 18.4. The van der Waals surface area contributed by atoms with Crippen LogP contribution in [0, 0.1) is 22.7 Å². The fourth-order valence-corrected chi connectivity index (χ4v) is 8.28. The average Bonchev–Trinajstić information content (AvgIpc) is 2.29. The summed E-state index contributed by atoms with van der Waals surface area (Å²) in [4.78, 5) is 0. The van der Waals surface area contributed by atoms with Crippen LogP contribution in [-0.2, 0) is 4.57 Å². The van der Waals surface area contributed by atoms with Crippen LogP contribution in [0.5, 0.6) is 0 Å². The quantitative estimate of drug-likeness (QED) is 0.269. The Balaban J connectivity index is 4.84. The van der Waals surface area contributed by atoms with E-state index in [4.69, 9.17) is 0 Å².